The van der Waals surface area contributed by atoms with E-state index in [1.54, 1.807) is 35.2 Å². The summed E-state index contributed by atoms with van der Waals surface area (Å²) < 4.78 is 3.24. The van der Waals surface area contributed by atoms with Crippen LogP contribution in [-0.4, -0.2) is 30.4 Å². The summed E-state index contributed by atoms with van der Waals surface area (Å²) in [5, 5.41) is 13.5. The molecule has 7 nitrogen and oxygen atoms in total. The maximum Gasteiger partial charge on any atom is 0.303 e. The molecule has 2 aromatic heterocycles. The number of carbonyl (C=O) groups is 1. The van der Waals surface area contributed by atoms with Gasteiger partial charge in [0, 0.05) is 26.2 Å². The third-order valence-corrected chi connectivity index (χ3v) is 3.93. The average molecular weight is 338 g/mol. The van der Waals surface area contributed by atoms with Gasteiger partial charge in [0.05, 0.1) is 16.6 Å². The van der Waals surface area contributed by atoms with E-state index < -0.39 is 5.97 Å². The molecule has 0 fully saturated rings. The number of para-hydroxylation sites is 1. The molecule has 3 rings (SSSR count). The number of rotatable bonds is 6. The van der Waals surface area contributed by atoms with Gasteiger partial charge in [0.1, 0.15) is 5.82 Å². The second-order valence-corrected chi connectivity index (χ2v) is 5.65. The summed E-state index contributed by atoms with van der Waals surface area (Å²) in [6, 6.07) is 8.99. The molecule has 0 radical (unpaired) electrons. The van der Waals surface area contributed by atoms with Crippen molar-refractivity contribution >= 4 is 29.0 Å². The molecule has 1 N–H and O–H groups in total. The van der Waals surface area contributed by atoms with Crippen molar-refractivity contribution in [1.82, 2.24) is 19.3 Å². The quantitative estimate of drug-likeness (QED) is 0.744. The Bertz CT molecular complexity index is 1000. The minimum atomic E-state index is -0.881. The zero-order valence-electron chi connectivity index (χ0n) is 13.8. The predicted octanol–water partition coefficient (Wildman–Crippen LogP) is 2.17. The molecule has 0 amide bonds. The van der Waals surface area contributed by atoms with Gasteiger partial charge in [-0.15, -0.1) is 0 Å². The minimum Gasteiger partial charge on any atom is -0.481 e. The molecule has 0 saturated heterocycles. The molecule has 0 aliphatic heterocycles. The van der Waals surface area contributed by atoms with Crippen molar-refractivity contribution in [2.24, 2.45) is 7.05 Å². The van der Waals surface area contributed by atoms with Crippen molar-refractivity contribution in [1.29, 1.82) is 0 Å². The molecule has 0 aliphatic rings. The van der Waals surface area contributed by atoms with E-state index in [0.717, 1.165) is 5.69 Å². The number of aryl methyl sites for hydroxylation is 1. The fourth-order valence-electron chi connectivity index (χ4n) is 2.62. The standard InChI is InChI=1S/C18H18N4O3/c1-21-13(10-11-19-21)8-9-16-20-15-6-3-2-5-14(15)18(25)22(16)12-4-7-17(23)24/h2-3,5-6,8-11H,4,7,12H2,1H3,(H,23,24). The van der Waals surface area contributed by atoms with Gasteiger partial charge in [-0.25, -0.2) is 4.98 Å². The third kappa shape index (κ3) is 3.65. The maximum absolute atomic E-state index is 12.8. The molecule has 1 aromatic carbocycles. The summed E-state index contributed by atoms with van der Waals surface area (Å²) in [7, 11) is 1.83. The van der Waals surface area contributed by atoms with Gasteiger partial charge >= 0.3 is 5.97 Å². The summed E-state index contributed by atoms with van der Waals surface area (Å²) in [5.74, 6) is -0.385. The lowest BCUT2D eigenvalue weighted by molar-refractivity contribution is -0.137. The van der Waals surface area contributed by atoms with Gasteiger partial charge in [0.15, 0.2) is 0 Å². The molecule has 0 unspecified atom stereocenters. The summed E-state index contributed by atoms with van der Waals surface area (Å²) >= 11 is 0. The molecule has 0 spiro atoms. The van der Waals surface area contributed by atoms with E-state index in [1.165, 1.54) is 4.57 Å². The average Bonchev–Trinajstić information content (AvgIpc) is 3.00. The lowest BCUT2D eigenvalue weighted by Crippen LogP contribution is -2.24. The SMILES string of the molecule is Cn1nccc1C=Cc1nc2ccccc2c(=O)n1CCCC(=O)O. The Labute approximate surface area is 143 Å². The Morgan fingerprint density at radius 2 is 2.04 bits per heavy atom. The summed E-state index contributed by atoms with van der Waals surface area (Å²) in [4.78, 5) is 28.1. The smallest absolute Gasteiger partial charge is 0.303 e. The van der Waals surface area contributed by atoms with Crippen LogP contribution in [0.3, 0.4) is 0 Å². The first-order valence-corrected chi connectivity index (χ1v) is 7.94. The largest absolute Gasteiger partial charge is 0.481 e. The highest BCUT2D eigenvalue weighted by Gasteiger charge is 2.09. The summed E-state index contributed by atoms with van der Waals surface area (Å²) in [6.07, 6.45) is 5.64. The molecule has 128 valence electrons. The predicted molar refractivity (Wildman–Crippen MR) is 95.0 cm³/mol. The van der Waals surface area contributed by atoms with Crippen molar-refractivity contribution in [3.63, 3.8) is 0 Å². The normalized spacial score (nSPS) is 11.4. The van der Waals surface area contributed by atoms with E-state index in [1.807, 2.05) is 25.3 Å². The van der Waals surface area contributed by atoms with E-state index in [-0.39, 0.29) is 12.0 Å². The van der Waals surface area contributed by atoms with E-state index in [4.69, 9.17) is 5.11 Å². The van der Waals surface area contributed by atoms with Crippen molar-refractivity contribution < 1.29 is 9.90 Å². The number of aromatic nitrogens is 4. The van der Waals surface area contributed by atoms with Crippen LogP contribution in [0.25, 0.3) is 23.1 Å². The first-order chi connectivity index (χ1) is 12.1. The van der Waals surface area contributed by atoms with Gasteiger partial charge in [0.2, 0.25) is 0 Å². The molecular weight excluding hydrogens is 320 g/mol. The van der Waals surface area contributed by atoms with Crippen molar-refractivity contribution in [3.05, 3.63) is 58.4 Å². The highest BCUT2D eigenvalue weighted by Crippen LogP contribution is 2.11. The van der Waals surface area contributed by atoms with Gasteiger partial charge < -0.3 is 5.11 Å². The van der Waals surface area contributed by atoms with Crippen molar-refractivity contribution in [2.45, 2.75) is 19.4 Å². The Morgan fingerprint density at radius 3 is 2.76 bits per heavy atom. The van der Waals surface area contributed by atoms with Crippen LogP contribution in [0.1, 0.15) is 24.4 Å². The van der Waals surface area contributed by atoms with Crippen LogP contribution in [0, 0.1) is 0 Å². The van der Waals surface area contributed by atoms with Crippen LogP contribution in [0.4, 0.5) is 0 Å². The van der Waals surface area contributed by atoms with Crippen molar-refractivity contribution in [3.8, 4) is 0 Å². The molecular formula is C18H18N4O3. The van der Waals surface area contributed by atoms with Crippen LogP contribution < -0.4 is 5.56 Å². The molecule has 0 bridgehead atoms. The van der Waals surface area contributed by atoms with E-state index in [2.05, 4.69) is 10.1 Å². The van der Waals surface area contributed by atoms with Crippen LogP contribution >= 0.6 is 0 Å². The van der Waals surface area contributed by atoms with Crippen LogP contribution in [0.5, 0.6) is 0 Å². The Morgan fingerprint density at radius 1 is 1.24 bits per heavy atom. The molecule has 0 saturated carbocycles. The van der Waals surface area contributed by atoms with Crippen molar-refractivity contribution in [2.75, 3.05) is 0 Å². The van der Waals surface area contributed by atoms with E-state index in [0.29, 0.717) is 29.7 Å². The Hall–Kier alpha value is -3.22. The molecule has 2 heterocycles. The number of carboxylic acids is 1. The lowest BCUT2D eigenvalue weighted by atomic mass is 10.2. The lowest BCUT2D eigenvalue weighted by Gasteiger charge is -2.10. The maximum atomic E-state index is 12.8. The second-order valence-electron chi connectivity index (χ2n) is 5.65. The highest BCUT2D eigenvalue weighted by molar-refractivity contribution is 5.79. The second kappa shape index (κ2) is 7.12. The number of hydrogen-bond acceptors (Lipinski definition) is 4. The topological polar surface area (TPSA) is 90.0 Å². The van der Waals surface area contributed by atoms with Crippen LogP contribution in [0.15, 0.2) is 41.3 Å². The number of carboxylic acid groups (broad SMARTS) is 1. The van der Waals surface area contributed by atoms with Gasteiger partial charge in [-0.1, -0.05) is 12.1 Å². The van der Waals surface area contributed by atoms with E-state index in [9.17, 15) is 9.59 Å². The molecule has 7 heteroatoms. The minimum absolute atomic E-state index is 0.00412. The van der Waals surface area contributed by atoms with Gasteiger partial charge in [0.25, 0.3) is 5.56 Å². The molecule has 0 atom stereocenters. The van der Waals surface area contributed by atoms with E-state index >= 15 is 0 Å². The first kappa shape index (κ1) is 16.6. The molecule has 3 aromatic rings. The monoisotopic (exact) mass is 338 g/mol. The first-order valence-electron chi connectivity index (χ1n) is 7.94. The number of hydrogen-bond donors (Lipinski definition) is 1. The van der Waals surface area contributed by atoms with Crippen LogP contribution in [0.2, 0.25) is 0 Å². The zero-order valence-corrected chi connectivity index (χ0v) is 13.8. The Kier molecular flexibility index (Phi) is 4.74. The van der Waals surface area contributed by atoms with Crippen LogP contribution in [-0.2, 0) is 18.4 Å². The number of nitrogens with zero attached hydrogens (tertiary/aromatic N) is 4. The summed E-state index contributed by atoms with van der Waals surface area (Å²) in [6.45, 7) is 0.300. The zero-order chi connectivity index (χ0) is 17.8. The van der Waals surface area contributed by atoms with Gasteiger partial charge in [-0.05, 0) is 36.8 Å². The number of benzene rings is 1. The van der Waals surface area contributed by atoms with Gasteiger partial charge in [-0.2, -0.15) is 5.10 Å². The third-order valence-electron chi connectivity index (χ3n) is 3.93. The molecule has 25 heavy (non-hydrogen) atoms. The fourth-order valence-corrected chi connectivity index (χ4v) is 2.62. The highest BCUT2D eigenvalue weighted by atomic mass is 16.4. The number of fused-ring (bicyclic) bond motifs is 1. The fraction of sp³-hybridized carbons (Fsp3) is 0.222. The number of aliphatic carboxylic acids is 1. The summed E-state index contributed by atoms with van der Waals surface area (Å²) in [5.41, 5.74) is 1.33. The Balaban J connectivity index is 2.04. The molecule has 0 aliphatic carbocycles. The van der Waals surface area contributed by atoms with Gasteiger partial charge in [-0.3, -0.25) is 18.8 Å².